The van der Waals surface area contributed by atoms with E-state index in [1.165, 1.54) is 0 Å². The fourth-order valence-electron chi connectivity index (χ4n) is 1.34. The Bertz CT molecular complexity index is 651. The van der Waals surface area contributed by atoms with Gasteiger partial charge in [-0.1, -0.05) is 28.9 Å². The second kappa shape index (κ2) is 5.09. The predicted octanol–water partition coefficient (Wildman–Crippen LogP) is 2.47. The molecular formula is C11H10ClNO4S. The summed E-state index contributed by atoms with van der Waals surface area (Å²) in [5, 5.41) is 4.25. The summed E-state index contributed by atoms with van der Waals surface area (Å²) in [6.07, 6.45) is 0.974. The Morgan fingerprint density at radius 2 is 2.11 bits per heavy atom. The number of hydrogen-bond donors (Lipinski definition) is 0. The highest BCUT2D eigenvalue weighted by atomic mass is 35.5. The van der Waals surface area contributed by atoms with Crippen LogP contribution in [0.5, 0.6) is 0 Å². The van der Waals surface area contributed by atoms with Crippen LogP contribution >= 0.6 is 11.6 Å². The zero-order chi connectivity index (χ0) is 13.2. The van der Waals surface area contributed by atoms with Gasteiger partial charge in [0.15, 0.2) is 5.76 Å². The summed E-state index contributed by atoms with van der Waals surface area (Å²) in [5.74, 6) is 0.465. The highest BCUT2D eigenvalue weighted by Gasteiger charge is 2.11. The maximum atomic E-state index is 10.8. The van der Waals surface area contributed by atoms with E-state index in [0.29, 0.717) is 22.0 Å². The molecule has 7 heteroatoms. The van der Waals surface area contributed by atoms with E-state index in [4.69, 9.17) is 16.1 Å². The van der Waals surface area contributed by atoms with Gasteiger partial charge in [0, 0.05) is 11.6 Å². The maximum Gasteiger partial charge on any atom is 0.264 e. The molecule has 0 aliphatic rings. The van der Waals surface area contributed by atoms with Gasteiger partial charge in [0.2, 0.25) is 0 Å². The van der Waals surface area contributed by atoms with Crippen molar-refractivity contribution in [2.75, 3.05) is 6.26 Å². The van der Waals surface area contributed by atoms with Crippen molar-refractivity contribution in [3.8, 4) is 11.3 Å². The molecule has 1 aromatic heterocycles. The molecule has 0 radical (unpaired) electrons. The molecule has 5 nitrogen and oxygen atoms in total. The van der Waals surface area contributed by atoms with Gasteiger partial charge in [-0.15, -0.1) is 0 Å². The van der Waals surface area contributed by atoms with Crippen LogP contribution in [0.15, 0.2) is 34.9 Å². The van der Waals surface area contributed by atoms with E-state index in [-0.39, 0.29) is 6.61 Å². The van der Waals surface area contributed by atoms with Crippen molar-refractivity contribution >= 4 is 21.7 Å². The molecule has 0 aliphatic carbocycles. The first-order valence-corrected chi connectivity index (χ1v) is 7.20. The molecule has 0 saturated heterocycles. The van der Waals surface area contributed by atoms with Crippen molar-refractivity contribution in [1.82, 2.24) is 5.16 Å². The van der Waals surface area contributed by atoms with Crippen LogP contribution in [-0.4, -0.2) is 19.8 Å². The molecule has 1 heterocycles. The van der Waals surface area contributed by atoms with E-state index in [1.54, 1.807) is 24.3 Å². The SMILES string of the molecule is CS(=O)(=O)OCc1cc(-c2ccccc2Cl)on1. The standard InChI is InChI=1S/C11H10ClNO4S/c1-18(14,15)16-7-8-6-11(17-13-8)9-4-2-3-5-10(9)12/h2-6H,7H2,1H3. The fraction of sp³-hybridized carbons (Fsp3) is 0.182. The molecule has 2 aromatic rings. The first-order chi connectivity index (χ1) is 8.46. The van der Waals surface area contributed by atoms with Gasteiger partial charge >= 0.3 is 0 Å². The normalized spacial score (nSPS) is 11.7. The van der Waals surface area contributed by atoms with E-state index in [2.05, 4.69) is 9.34 Å². The minimum Gasteiger partial charge on any atom is -0.356 e. The Hall–Kier alpha value is -1.37. The third-order valence-corrected chi connectivity index (χ3v) is 2.99. The average Bonchev–Trinajstić information content (AvgIpc) is 2.75. The lowest BCUT2D eigenvalue weighted by molar-refractivity contribution is 0.296. The fourth-order valence-corrected chi connectivity index (χ4v) is 1.90. The van der Waals surface area contributed by atoms with Gasteiger partial charge in [-0.2, -0.15) is 8.42 Å². The van der Waals surface area contributed by atoms with Gasteiger partial charge in [-0.3, -0.25) is 4.18 Å². The van der Waals surface area contributed by atoms with Crippen molar-refractivity contribution in [3.63, 3.8) is 0 Å². The van der Waals surface area contributed by atoms with Crippen molar-refractivity contribution in [2.45, 2.75) is 6.61 Å². The van der Waals surface area contributed by atoms with Crippen LogP contribution in [0, 0.1) is 0 Å². The molecule has 96 valence electrons. The predicted molar refractivity (Wildman–Crippen MR) is 66.6 cm³/mol. The molecule has 0 fully saturated rings. The molecule has 0 aliphatic heterocycles. The number of halogens is 1. The van der Waals surface area contributed by atoms with E-state index in [9.17, 15) is 8.42 Å². The second-order valence-electron chi connectivity index (χ2n) is 3.63. The summed E-state index contributed by atoms with van der Waals surface area (Å²) in [5.41, 5.74) is 1.08. The van der Waals surface area contributed by atoms with Gasteiger partial charge in [-0.05, 0) is 12.1 Å². The summed E-state index contributed by atoms with van der Waals surface area (Å²) in [6.45, 7) is -0.160. The molecule has 0 spiro atoms. The van der Waals surface area contributed by atoms with Crippen molar-refractivity contribution in [3.05, 3.63) is 41.0 Å². The van der Waals surface area contributed by atoms with Gasteiger partial charge < -0.3 is 4.52 Å². The van der Waals surface area contributed by atoms with Gasteiger partial charge in [0.25, 0.3) is 10.1 Å². The third kappa shape index (κ3) is 3.32. The van der Waals surface area contributed by atoms with Crippen molar-refractivity contribution < 1.29 is 17.1 Å². The molecule has 0 atom stereocenters. The van der Waals surface area contributed by atoms with Gasteiger partial charge in [0.1, 0.15) is 12.3 Å². The molecule has 0 saturated carbocycles. The Morgan fingerprint density at radius 1 is 1.39 bits per heavy atom. The Kier molecular flexibility index (Phi) is 3.70. The summed E-state index contributed by atoms with van der Waals surface area (Å²) in [6, 6.07) is 8.72. The van der Waals surface area contributed by atoms with Gasteiger partial charge in [0.05, 0.1) is 11.3 Å². The molecular weight excluding hydrogens is 278 g/mol. The van der Waals surface area contributed by atoms with E-state index < -0.39 is 10.1 Å². The Balaban J connectivity index is 2.19. The highest BCUT2D eigenvalue weighted by molar-refractivity contribution is 7.85. The third-order valence-electron chi connectivity index (χ3n) is 2.12. The smallest absolute Gasteiger partial charge is 0.264 e. The Labute approximate surface area is 109 Å². The summed E-state index contributed by atoms with van der Waals surface area (Å²) in [7, 11) is -3.49. The van der Waals surface area contributed by atoms with Crippen LogP contribution in [-0.2, 0) is 20.9 Å². The lowest BCUT2D eigenvalue weighted by atomic mass is 10.1. The molecule has 0 amide bonds. The molecule has 0 N–H and O–H groups in total. The summed E-state index contributed by atoms with van der Waals surface area (Å²) in [4.78, 5) is 0. The van der Waals surface area contributed by atoms with Crippen LogP contribution in [0.3, 0.4) is 0 Å². The molecule has 0 bridgehead atoms. The molecule has 0 unspecified atom stereocenters. The number of nitrogens with zero attached hydrogens (tertiary/aromatic N) is 1. The van der Waals surface area contributed by atoms with Gasteiger partial charge in [-0.25, -0.2) is 0 Å². The molecule has 18 heavy (non-hydrogen) atoms. The zero-order valence-electron chi connectivity index (χ0n) is 9.46. The summed E-state index contributed by atoms with van der Waals surface area (Å²) >= 11 is 6.00. The first-order valence-electron chi connectivity index (χ1n) is 5.00. The minimum atomic E-state index is -3.49. The van der Waals surface area contributed by atoms with E-state index >= 15 is 0 Å². The van der Waals surface area contributed by atoms with Crippen LogP contribution < -0.4 is 0 Å². The lowest BCUT2D eigenvalue weighted by Crippen LogP contribution is -2.02. The average molecular weight is 288 g/mol. The van der Waals surface area contributed by atoms with E-state index in [1.807, 2.05) is 6.07 Å². The Morgan fingerprint density at radius 3 is 2.78 bits per heavy atom. The second-order valence-corrected chi connectivity index (χ2v) is 5.68. The quantitative estimate of drug-likeness (QED) is 0.808. The number of rotatable bonds is 4. The number of benzene rings is 1. The molecule has 1 aromatic carbocycles. The maximum absolute atomic E-state index is 10.8. The molecule has 2 rings (SSSR count). The van der Waals surface area contributed by atoms with Crippen LogP contribution in [0.4, 0.5) is 0 Å². The van der Waals surface area contributed by atoms with Crippen LogP contribution in [0.25, 0.3) is 11.3 Å². The van der Waals surface area contributed by atoms with Crippen molar-refractivity contribution in [2.24, 2.45) is 0 Å². The summed E-state index contributed by atoms with van der Waals surface area (Å²) < 4.78 is 31.4. The monoisotopic (exact) mass is 287 g/mol. The van der Waals surface area contributed by atoms with Crippen LogP contribution in [0.2, 0.25) is 5.02 Å². The van der Waals surface area contributed by atoms with Crippen LogP contribution in [0.1, 0.15) is 5.69 Å². The minimum absolute atomic E-state index is 0.160. The van der Waals surface area contributed by atoms with E-state index in [0.717, 1.165) is 6.26 Å². The first kappa shape index (κ1) is 13.1. The van der Waals surface area contributed by atoms with Crippen molar-refractivity contribution in [1.29, 1.82) is 0 Å². The lowest BCUT2D eigenvalue weighted by Gasteiger charge is -1.97. The topological polar surface area (TPSA) is 69.4 Å². The number of hydrogen-bond acceptors (Lipinski definition) is 5. The highest BCUT2D eigenvalue weighted by Crippen LogP contribution is 2.28. The largest absolute Gasteiger partial charge is 0.356 e. The zero-order valence-corrected chi connectivity index (χ0v) is 11.0. The number of aromatic nitrogens is 1.